The van der Waals surface area contributed by atoms with Crippen LogP contribution in [0.5, 0.6) is 0 Å². The SMILES string of the molecule is CCCCCCCCCCCCCC(=O)Nc1ccc(Cl)c(N=C2NN(c3c(Cl)cc(Cl)cc3Cl)C(=O)C2n2cncn2)c1. The minimum absolute atomic E-state index is 0.0743. The van der Waals surface area contributed by atoms with Gasteiger partial charge in [0.05, 0.1) is 20.8 Å². The first kappa shape index (κ1) is 34.0. The molecule has 1 saturated heterocycles. The first-order valence-corrected chi connectivity index (χ1v) is 16.6. The quantitative estimate of drug-likeness (QED) is 0.147. The second-order valence-electron chi connectivity index (χ2n) is 10.8. The largest absolute Gasteiger partial charge is 0.326 e. The highest BCUT2D eigenvalue weighted by atomic mass is 35.5. The van der Waals surface area contributed by atoms with Gasteiger partial charge in [-0.1, -0.05) is 118 Å². The molecule has 1 aromatic heterocycles. The Kier molecular flexibility index (Phi) is 13.2. The molecule has 0 spiro atoms. The number of amides is 2. The molecule has 1 unspecified atom stereocenters. The number of hydrogen-bond donors (Lipinski definition) is 2. The lowest BCUT2D eigenvalue weighted by Gasteiger charge is -2.19. The molecule has 4 rings (SSSR count). The second-order valence-corrected chi connectivity index (χ2v) is 12.4. The van der Waals surface area contributed by atoms with Crippen molar-refractivity contribution >= 4 is 81.1 Å². The number of amidine groups is 1. The van der Waals surface area contributed by atoms with Gasteiger partial charge in [-0.2, -0.15) is 5.10 Å². The molecule has 13 heteroatoms. The molecular weight excluding hydrogens is 644 g/mol. The molecule has 2 amide bonds. The highest BCUT2D eigenvalue weighted by Gasteiger charge is 2.42. The van der Waals surface area contributed by atoms with Gasteiger partial charge < -0.3 is 5.32 Å². The second kappa shape index (κ2) is 17.0. The molecule has 1 aliphatic rings. The first-order valence-electron chi connectivity index (χ1n) is 15.1. The van der Waals surface area contributed by atoms with E-state index in [0.717, 1.165) is 19.3 Å². The van der Waals surface area contributed by atoms with Crippen LogP contribution in [0.4, 0.5) is 17.1 Å². The zero-order valence-electron chi connectivity index (χ0n) is 24.7. The van der Waals surface area contributed by atoms with Gasteiger partial charge in [0, 0.05) is 17.1 Å². The highest BCUT2D eigenvalue weighted by molar-refractivity contribution is 6.43. The molecule has 236 valence electrons. The number of benzene rings is 2. The lowest BCUT2D eigenvalue weighted by atomic mass is 10.1. The molecular formula is C31H37Cl4N7O2. The van der Waals surface area contributed by atoms with E-state index in [-0.39, 0.29) is 27.5 Å². The molecule has 2 aromatic carbocycles. The Hall–Kier alpha value is -2.85. The summed E-state index contributed by atoms with van der Waals surface area (Å²) in [6, 6.07) is 6.98. The van der Waals surface area contributed by atoms with Gasteiger partial charge in [-0.15, -0.1) is 0 Å². The lowest BCUT2D eigenvalue weighted by molar-refractivity contribution is -0.119. The smallest absolute Gasteiger partial charge is 0.278 e. The van der Waals surface area contributed by atoms with Crippen molar-refractivity contribution in [1.29, 1.82) is 0 Å². The Balaban J connectivity index is 1.38. The number of aromatic nitrogens is 3. The van der Waals surface area contributed by atoms with E-state index in [0.29, 0.717) is 27.8 Å². The molecule has 0 bridgehead atoms. The molecule has 1 atom stereocenters. The molecule has 2 heterocycles. The predicted octanol–water partition coefficient (Wildman–Crippen LogP) is 9.35. The summed E-state index contributed by atoms with van der Waals surface area (Å²) < 4.78 is 1.36. The van der Waals surface area contributed by atoms with Crippen LogP contribution < -0.4 is 15.8 Å². The number of halogens is 4. The van der Waals surface area contributed by atoms with Gasteiger partial charge >= 0.3 is 0 Å². The van der Waals surface area contributed by atoms with Crippen molar-refractivity contribution in [3.63, 3.8) is 0 Å². The summed E-state index contributed by atoms with van der Waals surface area (Å²) in [7, 11) is 0. The van der Waals surface area contributed by atoms with Gasteiger partial charge in [-0.05, 0) is 36.8 Å². The monoisotopic (exact) mass is 679 g/mol. The van der Waals surface area contributed by atoms with Crippen LogP contribution >= 0.6 is 46.4 Å². The number of carbonyl (C=O) groups is 2. The van der Waals surface area contributed by atoms with Crippen molar-refractivity contribution in [1.82, 2.24) is 20.2 Å². The molecule has 2 N–H and O–H groups in total. The van der Waals surface area contributed by atoms with Gasteiger partial charge in [0.1, 0.15) is 18.3 Å². The first-order chi connectivity index (χ1) is 21.3. The minimum atomic E-state index is -1.00. The van der Waals surface area contributed by atoms with Crippen LogP contribution in [-0.4, -0.2) is 32.4 Å². The van der Waals surface area contributed by atoms with Gasteiger partial charge in [-0.3, -0.25) is 15.0 Å². The van der Waals surface area contributed by atoms with Crippen molar-refractivity contribution in [2.45, 2.75) is 90.0 Å². The van der Waals surface area contributed by atoms with Gasteiger partial charge in [0.15, 0.2) is 11.9 Å². The number of carbonyl (C=O) groups excluding carboxylic acids is 2. The van der Waals surface area contributed by atoms with Crippen molar-refractivity contribution in [3.8, 4) is 0 Å². The number of unbranched alkanes of at least 4 members (excludes halogenated alkanes) is 10. The molecule has 44 heavy (non-hydrogen) atoms. The number of hydrogen-bond acceptors (Lipinski definition) is 5. The van der Waals surface area contributed by atoms with E-state index in [1.165, 1.54) is 85.8 Å². The fourth-order valence-corrected chi connectivity index (χ4v) is 6.18. The van der Waals surface area contributed by atoms with Crippen molar-refractivity contribution in [3.05, 3.63) is 63.1 Å². The fraction of sp³-hybridized carbons (Fsp3) is 0.452. The average Bonchev–Trinajstić information content (AvgIpc) is 3.61. The van der Waals surface area contributed by atoms with Crippen molar-refractivity contribution < 1.29 is 9.59 Å². The normalized spacial score (nSPS) is 15.7. The molecule has 0 saturated carbocycles. The number of nitrogens with one attached hydrogen (secondary N) is 2. The van der Waals surface area contributed by atoms with E-state index < -0.39 is 11.9 Å². The van der Waals surface area contributed by atoms with Crippen LogP contribution in [0.25, 0.3) is 0 Å². The van der Waals surface area contributed by atoms with Crippen LogP contribution in [0.2, 0.25) is 20.1 Å². The fourth-order valence-electron chi connectivity index (χ4n) is 5.04. The Bertz CT molecular complexity index is 1430. The van der Waals surface area contributed by atoms with E-state index in [1.807, 2.05) is 0 Å². The van der Waals surface area contributed by atoms with E-state index in [1.54, 1.807) is 18.2 Å². The maximum Gasteiger partial charge on any atom is 0.278 e. The van der Waals surface area contributed by atoms with Crippen LogP contribution in [0.3, 0.4) is 0 Å². The summed E-state index contributed by atoms with van der Waals surface area (Å²) in [6.07, 6.45) is 16.6. The number of anilines is 2. The van der Waals surface area contributed by atoms with E-state index >= 15 is 0 Å². The van der Waals surface area contributed by atoms with E-state index in [4.69, 9.17) is 46.4 Å². The summed E-state index contributed by atoms with van der Waals surface area (Å²) >= 11 is 25.4. The third-order valence-electron chi connectivity index (χ3n) is 7.32. The summed E-state index contributed by atoms with van der Waals surface area (Å²) in [5.41, 5.74) is 4.09. The number of rotatable bonds is 16. The standard InChI is InChI=1S/C31H37Cl4N7O2/c1-2-3-4-5-6-7-8-9-10-11-12-13-27(43)38-22-14-15-23(33)26(18-22)39-30-29(41-20-36-19-37-41)31(44)42(40-30)28-24(34)16-21(32)17-25(28)35/h14-20,29H,2-13H2,1H3,(H,38,43)(H,39,40). The van der Waals surface area contributed by atoms with Crippen LogP contribution in [-0.2, 0) is 9.59 Å². The predicted molar refractivity (Wildman–Crippen MR) is 179 cm³/mol. The van der Waals surface area contributed by atoms with Gasteiger partial charge in [-0.25, -0.2) is 19.7 Å². The Morgan fingerprint density at radius 2 is 1.55 bits per heavy atom. The number of aliphatic imine (C=N–C) groups is 1. The summed E-state index contributed by atoms with van der Waals surface area (Å²) in [6.45, 7) is 2.24. The molecule has 0 aliphatic carbocycles. The average molecular weight is 681 g/mol. The Labute approximate surface area is 278 Å². The zero-order chi connectivity index (χ0) is 31.5. The zero-order valence-corrected chi connectivity index (χ0v) is 27.7. The highest BCUT2D eigenvalue weighted by Crippen LogP contribution is 2.39. The Morgan fingerprint density at radius 3 is 2.16 bits per heavy atom. The number of hydrazine groups is 1. The molecule has 1 aliphatic heterocycles. The molecule has 9 nitrogen and oxygen atoms in total. The van der Waals surface area contributed by atoms with Crippen LogP contribution in [0.15, 0.2) is 48.0 Å². The topological polar surface area (TPSA) is 105 Å². The minimum Gasteiger partial charge on any atom is -0.326 e. The van der Waals surface area contributed by atoms with Gasteiger partial charge in [0.25, 0.3) is 5.91 Å². The summed E-state index contributed by atoms with van der Waals surface area (Å²) in [5.74, 6) is -0.323. The summed E-state index contributed by atoms with van der Waals surface area (Å²) in [4.78, 5) is 34.9. The number of nitrogens with zero attached hydrogens (tertiary/aromatic N) is 5. The molecule has 1 fully saturated rings. The van der Waals surface area contributed by atoms with Crippen molar-refractivity contribution in [2.24, 2.45) is 4.99 Å². The molecule has 3 aromatic rings. The molecule has 0 radical (unpaired) electrons. The van der Waals surface area contributed by atoms with Crippen LogP contribution in [0, 0.1) is 0 Å². The maximum absolute atomic E-state index is 13.6. The summed E-state index contributed by atoms with van der Waals surface area (Å²) in [5, 5.41) is 9.25. The Morgan fingerprint density at radius 1 is 0.909 bits per heavy atom. The van der Waals surface area contributed by atoms with E-state index in [2.05, 4.69) is 32.7 Å². The third kappa shape index (κ3) is 9.33. The lowest BCUT2D eigenvalue weighted by Crippen LogP contribution is -2.36. The van der Waals surface area contributed by atoms with Crippen molar-refractivity contribution in [2.75, 3.05) is 10.3 Å². The van der Waals surface area contributed by atoms with Gasteiger partial charge in [0.2, 0.25) is 5.91 Å². The maximum atomic E-state index is 13.6. The van der Waals surface area contributed by atoms with E-state index in [9.17, 15) is 9.59 Å². The third-order valence-corrected chi connectivity index (χ3v) is 8.44. The van der Waals surface area contributed by atoms with Crippen LogP contribution in [0.1, 0.15) is 90.0 Å².